The number of benzene rings is 2. The van der Waals surface area contributed by atoms with Gasteiger partial charge in [-0.05, 0) is 37.1 Å². The standard InChI is InChI=1S/C19H21BrN2O2/c1-13-9-10-17(11-18(13)20)21-19(24)12-22(15(3)23)14(2)16-7-5-4-6-8-16/h4-11,14H,12H2,1-3H3,(H,21,24). The fraction of sp³-hybridized carbons (Fsp3) is 0.263. The second kappa shape index (κ2) is 8.11. The van der Waals surface area contributed by atoms with Crippen molar-refractivity contribution in [3.05, 3.63) is 64.1 Å². The van der Waals surface area contributed by atoms with Crippen LogP contribution in [0.15, 0.2) is 53.0 Å². The second-order valence-corrected chi connectivity index (χ2v) is 6.60. The van der Waals surface area contributed by atoms with Crippen molar-refractivity contribution in [3.8, 4) is 0 Å². The molecule has 2 rings (SSSR count). The van der Waals surface area contributed by atoms with Crippen LogP contribution in [0.3, 0.4) is 0 Å². The van der Waals surface area contributed by atoms with Crippen LogP contribution in [0.1, 0.15) is 31.0 Å². The number of anilines is 1. The molecule has 0 fully saturated rings. The summed E-state index contributed by atoms with van der Waals surface area (Å²) in [6, 6.07) is 15.1. The van der Waals surface area contributed by atoms with Crippen molar-refractivity contribution < 1.29 is 9.59 Å². The molecule has 0 aliphatic carbocycles. The first-order chi connectivity index (χ1) is 11.4. The SMILES string of the molecule is CC(=O)N(CC(=O)Nc1ccc(C)c(Br)c1)C(C)c1ccccc1. The minimum atomic E-state index is -0.219. The maximum atomic E-state index is 12.3. The summed E-state index contributed by atoms with van der Waals surface area (Å²) in [7, 11) is 0. The molecule has 0 bridgehead atoms. The molecule has 1 atom stereocenters. The summed E-state index contributed by atoms with van der Waals surface area (Å²) >= 11 is 3.45. The number of aryl methyl sites for hydroxylation is 1. The Bertz CT molecular complexity index is 731. The summed E-state index contributed by atoms with van der Waals surface area (Å²) in [6.45, 7) is 5.40. The minimum absolute atomic E-state index is 0.0108. The third kappa shape index (κ3) is 4.68. The topological polar surface area (TPSA) is 49.4 Å². The van der Waals surface area contributed by atoms with Gasteiger partial charge >= 0.3 is 0 Å². The molecule has 4 nitrogen and oxygen atoms in total. The van der Waals surface area contributed by atoms with Gasteiger partial charge in [-0.1, -0.05) is 52.3 Å². The number of hydrogen-bond donors (Lipinski definition) is 1. The van der Waals surface area contributed by atoms with Crippen molar-refractivity contribution in [2.75, 3.05) is 11.9 Å². The Morgan fingerprint density at radius 1 is 1.17 bits per heavy atom. The lowest BCUT2D eigenvalue weighted by Crippen LogP contribution is -2.38. The highest BCUT2D eigenvalue weighted by atomic mass is 79.9. The van der Waals surface area contributed by atoms with E-state index in [1.54, 1.807) is 4.90 Å². The van der Waals surface area contributed by atoms with E-state index in [0.29, 0.717) is 5.69 Å². The van der Waals surface area contributed by atoms with Crippen molar-refractivity contribution in [1.82, 2.24) is 4.90 Å². The molecule has 126 valence electrons. The lowest BCUT2D eigenvalue weighted by Gasteiger charge is -2.28. The van der Waals surface area contributed by atoms with Gasteiger partial charge in [-0.2, -0.15) is 0 Å². The van der Waals surface area contributed by atoms with Crippen LogP contribution in [0.5, 0.6) is 0 Å². The molecule has 0 aromatic heterocycles. The maximum Gasteiger partial charge on any atom is 0.244 e. The molecule has 0 aliphatic rings. The number of nitrogens with zero attached hydrogens (tertiary/aromatic N) is 1. The van der Waals surface area contributed by atoms with Crippen molar-refractivity contribution >= 4 is 33.4 Å². The summed E-state index contributed by atoms with van der Waals surface area (Å²) in [4.78, 5) is 25.9. The van der Waals surface area contributed by atoms with Crippen molar-refractivity contribution in [2.45, 2.75) is 26.8 Å². The predicted octanol–water partition coefficient (Wildman–Crippen LogP) is 4.31. The van der Waals surface area contributed by atoms with Crippen LogP contribution >= 0.6 is 15.9 Å². The average molecular weight is 389 g/mol. The number of rotatable bonds is 5. The van der Waals surface area contributed by atoms with Gasteiger partial charge in [0, 0.05) is 17.1 Å². The fourth-order valence-corrected chi connectivity index (χ4v) is 2.84. The molecule has 2 aromatic carbocycles. The van der Waals surface area contributed by atoms with Crippen LogP contribution in [-0.4, -0.2) is 23.3 Å². The van der Waals surface area contributed by atoms with Crippen LogP contribution in [0, 0.1) is 6.92 Å². The van der Waals surface area contributed by atoms with Gasteiger partial charge in [0.1, 0.15) is 6.54 Å². The van der Waals surface area contributed by atoms with E-state index in [1.165, 1.54) is 6.92 Å². The highest BCUT2D eigenvalue weighted by molar-refractivity contribution is 9.10. The Balaban J connectivity index is 2.08. The van der Waals surface area contributed by atoms with Gasteiger partial charge in [-0.3, -0.25) is 9.59 Å². The molecule has 1 unspecified atom stereocenters. The zero-order valence-corrected chi connectivity index (χ0v) is 15.6. The van der Waals surface area contributed by atoms with Gasteiger partial charge in [0.25, 0.3) is 0 Å². The Kier molecular flexibility index (Phi) is 6.15. The molecule has 0 aliphatic heterocycles. The van der Waals surface area contributed by atoms with Crippen molar-refractivity contribution in [3.63, 3.8) is 0 Å². The van der Waals surface area contributed by atoms with E-state index in [0.717, 1.165) is 15.6 Å². The highest BCUT2D eigenvalue weighted by Gasteiger charge is 2.21. The summed E-state index contributed by atoms with van der Waals surface area (Å²) in [5, 5.41) is 2.84. The van der Waals surface area contributed by atoms with Gasteiger partial charge in [0.15, 0.2) is 0 Å². The molecule has 0 heterocycles. The molecule has 0 spiro atoms. The Labute approximate surface area is 151 Å². The molecule has 1 N–H and O–H groups in total. The molecular weight excluding hydrogens is 368 g/mol. The Hall–Kier alpha value is -2.14. The zero-order chi connectivity index (χ0) is 17.7. The highest BCUT2D eigenvalue weighted by Crippen LogP contribution is 2.22. The molecule has 0 saturated carbocycles. The van der Waals surface area contributed by atoms with E-state index in [1.807, 2.05) is 62.4 Å². The third-order valence-corrected chi connectivity index (χ3v) is 4.78. The number of carbonyl (C=O) groups excluding carboxylic acids is 2. The first kappa shape index (κ1) is 18.2. The third-order valence-electron chi connectivity index (χ3n) is 3.92. The number of halogens is 1. The van der Waals surface area contributed by atoms with Crippen LogP contribution in [0.25, 0.3) is 0 Å². The molecule has 24 heavy (non-hydrogen) atoms. The first-order valence-electron chi connectivity index (χ1n) is 7.76. The lowest BCUT2D eigenvalue weighted by molar-refractivity contribution is -0.134. The molecule has 2 aromatic rings. The van der Waals surface area contributed by atoms with E-state index < -0.39 is 0 Å². The smallest absolute Gasteiger partial charge is 0.244 e. The van der Waals surface area contributed by atoms with Crippen molar-refractivity contribution in [2.24, 2.45) is 0 Å². The number of carbonyl (C=O) groups is 2. The molecule has 0 radical (unpaired) electrons. The summed E-state index contributed by atoms with van der Waals surface area (Å²) in [5.74, 6) is -0.352. The summed E-state index contributed by atoms with van der Waals surface area (Å²) < 4.78 is 0.932. The average Bonchev–Trinajstić information content (AvgIpc) is 2.56. The number of hydrogen-bond acceptors (Lipinski definition) is 2. The minimum Gasteiger partial charge on any atom is -0.327 e. The van der Waals surface area contributed by atoms with E-state index in [-0.39, 0.29) is 24.4 Å². The lowest BCUT2D eigenvalue weighted by atomic mass is 10.1. The van der Waals surface area contributed by atoms with Crippen LogP contribution in [0.4, 0.5) is 5.69 Å². The first-order valence-corrected chi connectivity index (χ1v) is 8.56. The summed E-state index contributed by atoms with van der Waals surface area (Å²) in [5.41, 5.74) is 2.79. The van der Waals surface area contributed by atoms with Crippen molar-refractivity contribution in [1.29, 1.82) is 0 Å². The predicted molar refractivity (Wildman–Crippen MR) is 99.8 cm³/mol. The summed E-state index contributed by atoms with van der Waals surface area (Å²) in [6.07, 6.45) is 0. The Morgan fingerprint density at radius 2 is 1.83 bits per heavy atom. The molecule has 2 amide bonds. The van der Waals surface area contributed by atoms with Crippen LogP contribution in [-0.2, 0) is 9.59 Å². The number of amides is 2. The van der Waals surface area contributed by atoms with Crippen LogP contribution in [0.2, 0.25) is 0 Å². The van der Waals surface area contributed by atoms with E-state index in [9.17, 15) is 9.59 Å². The quantitative estimate of drug-likeness (QED) is 0.829. The fourth-order valence-electron chi connectivity index (χ4n) is 2.46. The van der Waals surface area contributed by atoms with E-state index in [4.69, 9.17) is 0 Å². The second-order valence-electron chi connectivity index (χ2n) is 5.75. The maximum absolute atomic E-state index is 12.3. The van der Waals surface area contributed by atoms with E-state index >= 15 is 0 Å². The molecule has 5 heteroatoms. The molecular formula is C19H21BrN2O2. The monoisotopic (exact) mass is 388 g/mol. The largest absolute Gasteiger partial charge is 0.327 e. The van der Waals surface area contributed by atoms with Gasteiger partial charge in [0.2, 0.25) is 11.8 Å². The van der Waals surface area contributed by atoms with Gasteiger partial charge < -0.3 is 10.2 Å². The Morgan fingerprint density at radius 3 is 2.42 bits per heavy atom. The normalized spacial score (nSPS) is 11.7. The van der Waals surface area contributed by atoms with Crippen LogP contribution < -0.4 is 5.32 Å². The van der Waals surface area contributed by atoms with Gasteiger partial charge in [-0.25, -0.2) is 0 Å². The van der Waals surface area contributed by atoms with E-state index in [2.05, 4.69) is 21.2 Å². The van der Waals surface area contributed by atoms with Gasteiger partial charge in [0.05, 0.1) is 6.04 Å². The van der Waals surface area contributed by atoms with Gasteiger partial charge in [-0.15, -0.1) is 0 Å². The number of nitrogens with one attached hydrogen (secondary N) is 1. The zero-order valence-electron chi connectivity index (χ0n) is 14.0. The molecule has 0 saturated heterocycles.